The summed E-state index contributed by atoms with van der Waals surface area (Å²) >= 11 is 0. The highest BCUT2D eigenvalue weighted by Crippen LogP contribution is 2.43. The maximum Gasteiger partial charge on any atom is 0.319 e. The predicted molar refractivity (Wildman–Crippen MR) is 164 cm³/mol. The molecule has 2 aromatic carbocycles. The van der Waals surface area contributed by atoms with Crippen LogP contribution < -0.4 is 9.64 Å². The lowest BCUT2D eigenvalue weighted by Crippen LogP contribution is -2.44. The first kappa shape index (κ1) is 27.9. The van der Waals surface area contributed by atoms with E-state index < -0.39 is 5.82 Å². The monoisotopic (exact) mass is 601 g/mol. The van der Waals surface area contributed by atoms with Crippen LogP contribution in [0, 0.1) is 17.6 Å². The van der Waals surface area contributed by atoms with Crippen molar-refractivity contribution in [3.63, 3.8) is 0 Å². The van der Waals surface area contributed by atoms with Gasteiger partial charge in [-0.1, -0.05) is 19.9 Å². The van der Waals surface area contributed by atoms with E-state index in [2.05, 4.69) is 26.7 Å². The Hall–Kier alpha value is -3.63. The number of phenols is 1. The molecule has 2 unspecified atom stereocenters. The molecule has 4 saturated heterocycles. The van der Waals surface area contributed by atoms with Crippen LogP contribution in [0.1, 0.15) is 51.5 Å². The van der Waals surface area contributed by atoms with Crippen molar-refractivity contribution < 1.29 is 23.4 Å². The van der Waals surface area contributed by atoms with E-state index in [-0.39, 0.29) is 46.5 Å². The maximum absolute atomic E-state index is 16.8. The van der Waals surface area contributed by atoms with E-state index in [0.29, 0.717) is 65.1 Å². The fraction of sp³-hybridized carbons (Fsp3) is 0.500. The SMILES string of the molecule is CCc1c(F)ccc2cc(O)cc(-c3ncc4c(N5CC6CCC(C5)O6)nc(OC[C@@]56CCCN5C[C@H](C)C6)nc4c3F)c12. The van der Waals surface area contributed by atoms with Gasteiger partial charge in [0.2, 0.25) is 0 Å². The largest absolute Gasteiger partial charge is 0.508 e. The topological polar surface area (TPSA) is 83.8 Å². The highest BCUT2D eigenvalue weighted by molar-refractivity contribution is 6.01. The summed E-state index contributed by atoms with van der Waals surface area (Å²) in [6, 6.07) is 6.13. The van der Waals surface area contributed by atoms with Gasteiger partial charge in [-0.3, -0.25) is 9.88 Å². The Bertz CT molecular complexity index is 1770. The summed E-state index contributed by atoms with van der Waals surface area (Å²) in [6.45, 7) is 8.01. The lowest BCUT2D eigenvalue weighted by molar-refractivity contribution is 0.0302. The number of rotatable bonds is 6. The lowest BCUT2D eigenvalue weighted by Gasteiger charge is -2.34. The molecule has 4 aromatic rings. The zero-order chi connectivity index (χ0) is 30.2. The van der Waals surface area contributed by atoms with Crippen molar-refractivity contribution in [2.75, 3.05) is 37.7 Å². The Balaban J connectivity index is 1.27. The molecule has 44 heavy (non-hydrogen) atoms. The van der Waals surface area contributed by atoms with Crippen LogP contribution in [0.5, 0.6) is 11.8 Å². The number of aromatic hydroxyl groups is 1. The Kier molecular flexibility index (Phi) is 6.64. The average molecular weight is 602 g/mol. The summed E-state index contributed by atoms with van der Waals surface area (Å²) in [5.74, 6) is 0.101. The first-order valence-electron chi connectivity index (χ1n) is 15.9. The van der Waals surface area contributed by atoms with Gasteiger partial charge in [0.1, 0.15) is 35.2 Å². The maximum atomic E-state index is 16.8. The molecule has 0 amide bonds. The number of nitrogens with zero attached hydrogens (tertiary/aromatic N) is 5. The Morgan fingerprint density at radius 2 is 1.93 bits per heavy atom. The molecule has 2 aromatic heterocycles. The molecule has 1 N–H and O–H groups in total. The van der Waals surface area contributed by atoms with Crippen molar-refractivity contribution >= 4 is 27.5 Å². The molecule has 4 aliphatic heterocycles. The van der Waals surface area contributed by atoms with Gasteiger partial charge in [-0.2, -0.15) is 9.97 Å². The third-order valence-corrected chi connectivity index (χ3v) is 10.2. The molecular weight excluding hydrogens is 564 g/mol. The third kappa shape index (κ3) is 4.48. The standard InChI is InChI=1S/C34H37F2N5O3/c1-3-24-27(35)8-5-20-11-21(42)12-25(28(20)24)30-29(36)31-26(14-37-30)32(40-16-22-6-7-23(17-40)44-22)39-33(38-31)43-18-34-9-4-10-41(34)15-19(2)13-34/h5,8,11-12,14,19,22-23,42H,3-4,6-7,9-10,13,15-18H2,1-2H3/t19-,22?,23?,34+/m1/s1. The Labute approximate surface area is 255 Å². The zero-order valence-electron chi connectivity index (χ0n) is 25.2. The van der Waals surface area contributed by atoms with E-state index in [1.165, 1.54) is 12.1 Å². The smallest absolute Gasteiger partial charge is 0.319 e. The molecule has 0 saturated carbocycles. The molecule has 2 bridgehead atoms. The number of anilines is 1. The molecule has 10 heteroatoms. The second-order valence-corrected chi connectivity index (χ2v) is 13.2. The van der Waals surface area contributed by atoms with Crippen LogP contribution in [0.25, 0.3) is 32.9 Å². The van der Waals surface area contributed by atoms with Gasteiger partial charge >= 0.3 is 6.01 Å². The number of halogens is 2. The van der Waals surface area contributed by atoms with Crippen molar-refractivity contribution in [2.45, 2.75) is 70.1 Å². The highest BCUT2D eigenvalue weighted by Gasteiger charge is 2.48. The van der Waals surface area contributed by atoms with Crippen LogP contribution in [-0.4, -0.2) is 75.5 Å². The van der Waals surface area contributed by atoms with Crippen LogP contribution in [0.4, 0.5) is 14.6 Å². The molecule has 0 radical (unpaired) electrons. The minimum Gasteiger partial charge on any atom is -0.508 e. The molecule has 4 atom stereocenters. The number of aromatic nitrogens is 3. The number of benzene rings is 2. The fourth-order valence-corrected chi connectivity index (χ4v) is 8.36. The number of fused-ring (bicyclic) bond motifs is 5. The molecule has 230 valence electrons. The number of hydrogen-bond acceptors (Lipinski definition) is 8. The first-order valence-corrected chi connectivity index (χ1v) is 15.9. The van der Waals surface area contributed by atoms with Crippen molar-refractivity contribution in [3.8, 4) is 23.0 Å². The van der Waals surface area contributed by atoms with Crippen molar-refractivity contribution in [1.82, 2.24) is 19.9 Å². The van der Waals surface area contributed by atoms with Crippen molar-refractivity contribution in [2.24, 2.45) is 5.92 Å². The molecule has 4 fully saturated rings. The van der Waals surface area contributed by atoms with Gasteiger partial charge in [-0.15, -0.1) is 0 Å². The molecule has 0 spiro atoms. The van der Waals surface area contributed by atoms with Gasteiger partial charge in [0, 0.05) is 31.4 Å². The second kappa shape index (κ2) is 10.5. The first-order chi connectivity index (χ1) is 21.3. The normalized spacial score (nSPS) is 26.6. The summed E-state index contributed by atoms with van der Waals surface area (Å²) in [4.78, 5) is 18.8. The van der Waals surface area contributed by atoms with E-state index in [1.54, 1.807) is 18.3 Å². The van der Waals surface area contributed by atoms with Gasteiger partial charge in [0.25, 0.3) is 0 Å². The zero-order valence-corrected chi connectivity index (χ0v) is 25.2. The second-order valence-electron chi connectivity index (χ2n) is 13.2. The number of morpholine rings is 1. The van der Waals surface area contributed by atoms with Crippen molar-refractivity contribution in [1.29, 1.82) is 0 Å². The Morgan fingerprint density at radius 3 is 2.73 bits per heavy atom. The van der Waals surface area contributed by atoms with Crippen molar-refractivity contribution in [3.05, 3.63) is 47.7 Å². The summed E-state index contributed by atoms with van der Waals surface area (Å²) in [6.07, 6.45) is 7.44. The Morgan fingerprint density at radius 1 is 1.11 bits per heavy atom. The number of phenolic OH excluding ortho intramolecular Hbond substituents is 1. The van der Waals surface area contributed by atoms with Crippen LogP contribution in [-0.2, 0) is 11.2 Å². The predicted octanol–water partition coefficient (Wildman–Crippen LogP) is 6.01. The number of pyridine rings is 1. The molecular formula is C34H37F2N5O3. The quantitative estimate of drug-likeness (QED) is 0.288. The summed E-state index contributed by atoms with van der Waals surface area (Å²) in [5.41, 5.74) is 0.824. The van der Waals surface area contributed by atoms with Crippen LogP contribution in [0.3, 0.4) is 0 Å². The molecule has 8 rings (SSSR count). The molecule has 8 nitrogen and oxygen atoms in total. The van der Waals surface area contributed by atoms with E-state index >= 15 is 4.39 Å². The van der Waals surface area contributed by atoms with E-state index in [0.717, 1.165) is 45.2 Å². The number of aryl methyl sites for hydroxylation is 1. The van der Waals surface area contributed by atoms with Gasteiger partial charge in [0.15, 0.2) is 5.82 Å². The fourth-order valence-electron chi connectivity index (χ4n) is 8.36. The summed E-state index contributed by atoms with van der Waals surface area (Å²) < 4.78 is 44.2. The molecule has 0 aliphatic carbocycles. The van der Waals surface area contributed by atoms with Gasteiger partial charge in [-0.05, 0) is 85.5 Å². The van der Waals surface area contributed by atoms with Crippen LogP contribution >= 0.6 is 0 Å². The molecule has 6 heterocycles. The molecule has 4 aliphatic rings. The highest BCUT2D eigenvalue weighted by atomic mass is 19.1. The lowest BCUT2D eigenvalue weighted by atomic mass is 9.92. The van der Waals surface area contributed by atoms with E-state index in [9.17, 15) is 9.50 Å². The minimum atomic E-state index is -0.652. The van der Waals surface area contributed by atoms with E-state index in [1.807, 2.05) is 6.92 Å². The van der Waals surface area contributed by atoms with Crippen LogP contribution in [0.2, 0.25) is 0 Å². The van der Waals surface area contributed by atoms with E-state index in [4.69, 9.17) is 14.5 Å². The van der Waals surface area contributed by atoms with Gasteiger partial charge < -0.3 is 19.5 Å². The average Bonchev–Trinajstić information content (AvgIpc) is 3.66. The van der Waals surface area contributed by atoms with Gasteiger partial charge in [0.05, 0.1) is 23.1 Å². The summed E-state index contributed by atoms with van der Waals surface area (Å²) in [7, 11) is 0. The number of hydrogen-bond donors (Lipinski definition) is 1. The van der Waals surface area contributed by atoms with Gasteiger partial charge in [-0.25, -0.2) is 8.78 Å². The van der Waals surface area contributed by atoms with Crippen LogP contribution in [0.15, 0.2) is 30.5 Å². The number of ether oxygens (including phenoxy) is 2. The minimum absolute atomic E-state index is 0.00141. The third-order valence-electron chi connectivity index (χ3n) is 10.2. The summed E-state index contributed by atoms with van der Waals surface area (Å²) in [5, 5.41) is 12.2.